The third-order valence-electron chi connectivity index (χ3n) is 3.66. The third kappa shape index (κ3) is 3.90. The molecule has 110 valence electrons. The molecular weight excluding hydrogens is 258 g/mol. The van der Waals surface area contributed by atoms with Crippen molar-refractivity contribution in [1.82, 2.24) is 14.9 Å². The van der Waals surface area contributed by atoms with Crippen LogP contribution in [0.3, 0.4) is 0 Å². The Morgan fingerprint density at radius 3 is 3.15 bits per heavy atom. The van der Waals surface area contributed by atoms with Gasteiger partial charge >= 0.3 is 0 Å². The van der Waals surface area contributed by atoms with E-state index >= 15 is 0 Å². The monoisotopic (exact) mass is 279 g/mol. The lowest BCUT2D eigenvalue weighted by Crippen LogP contribution is -2.40. The Hall–Kier alpha value is -1.69. The zero-order valence-corrected chi connectivity index (χ0v) is 11.8. The number of amides is 1. The predicted octanol–water partition coefficient (Wildman–Crippen LogP) is 1.05. The molecule has 2 heterocycles. The maximum atomic E-state index is 12.3. The fraction of sp³-hybridized carbons (Fsp3) is 0.643. The molecule has 20 heavy (non-hydrogen) atoms. The minimum atomic E-state index is -0.294. The fourth-order valence-corrected chi connectivity index (χ4v) is 2.62. The van der Waals surface area contributed by atoms with Gasteiger partial charge in [0.05, 0.1) is 6.20 Å². The molecule has 0 saturated carbocycles. The van der Waals surface area contributed by atoms with E-state index in [9.17, 15) is 9.59 Å². The SMILES string of the molecule is COCCC[C@@H]1CCCN(C(=O)c2c[nH]c(=O)cn2)C1. The molecule has 0 radical (unpaired) electrons. The van der Waals surface area contributed by atoms with E-state index in [1.807, 2.05) is 4.90 Å². The Morgan fingerprint density at radius 1 is 1.60 bits per heavy atom. The van der Waals surface area contributed by atoms with Crippen LogP contribution in [0.5, 0.6) is 0 Å². The van der Waals surface area contributed by atoms with Crippen LogP contribution in [0.1, 0.15) is 36.2 Å². The van der Waals surface area contributed by atoms with E-state index in [2.05, 4.69) is 9.97 Å². The number of methoxy groups -OCH3 is 1. The highest BCUT2D eigenvalue weighted by atomic mass is 16.5. The van der Waals surface area contributed by atoms with Gasteiger partial charge in [0.25, 0.3) is 11.5 Å². The number of rotatable bonds is 5. The summed E-state index contributed by atoms with van der Waals surface area (Å²) in [6.45, 7) is 2.30. The number of nitrogens with one attached hydrogen (secondary N) is 1. The first-order chi connectivity index (χ1) is 9.70. The molecule has 1 fully saturated rings. The lowest BCUT2D eigenvalue weighted by Gasteiger charge is -2.32. The van der Waals surface area contributed by atoms with Gasteiger partial charge < -0.3 is 14.6 Å². The number of aromatic amines is 1. The summed E-state index contributed by atoms with van der Waals surface area (Å²) in [5.41, 5.74) is 0.0137. The van der Waals surface area contributed by atoms with Gasteiger partial charge in [-0.05, 0) is 31.6 Å². The molecule has 0 bridgehead atoms. The van der Waals surface area contributed by atoms with Crippen LogP contribution >= 0.6 is 0 Å². The molecule has 6 nitrogen and oxygen atoms in total. The molecule has 0 aromatic carbocycles. The summed E-state index contributed by atoms with van der Waals surface area (Å²) in [7, 11) is 1.71. The number of carbonyl (C=O) groups is 1. The average Bonchev–Trinajstić information content (AvgIpc) is 2.48. The molecule has 0 spiro atoms. The van der Waals surface area contributed by atoms with E-state index in [0.29, 0.717) is 11.6 Å². The van der Waals surface area contributed by atoms with Crippen molar-refractivity contribution in [2.24, 2.45) is 5.92 Å². The van der Waals surface area contributed by atoms with Crippen molar-refractivity contribution in [2.75, 3.05) is 26.8 Å². The van der Waals surface area contributed by atoms with Crippen LogP contribution in [0.2, 0.25) is 0 Å². The van der Waals surface area contributed by atoms with Crippen molar-refractivity contribution < 1.29 is 9.53 Å². The Bertz CT molecular complexity index is 480. The van der Waals surface area contributed by atoms with Crippen molar-refractivity contribution in [3.8, 4) is 0 Å². The molecule has 6 heteroatoms. The molecule has 0 aliphatic carbocycles. The van der Waals surface area contributed by atoms with Crippen LogP contribution in [-0.2, 0) is 4.74 Å². The summed E-state index contributed by atoms with van der Waals surface area (Å²) in [4.78, 5) is 31.5. The van der Waals surface area contributed by atoms with Gasteiger partial charge in [-0.15, -0.1) is 0 Å². The largest absolute Gasteiger partial charge is 0.385 e. The van der Waals surface area contributed by atoms with E-state index in [1.54, 1.807) is 7.11 Å². The molecule has 2 rings (SSSR count). The quantitative estimate of drug-likeness (QED) is 0.817. The standard InChI is InChI=1S/C14H21N3O3/c1-20-7-3-5-11-4-2-6-17(10-11)14(19)12-8-16-13(18)9-15-12/h8-9,11H,2-7,10H2,1H3,(H,16,18)/t11-/m0/s1. The van der Waals surface area contributed by atoms with Gasteiger partial charge in [0, 0.05) is 33.0 Å². The summed E-state index contributed by atoms with van der Waals surface area (Å²) in [6, 6.07) is 0. The topological polar surface area (TPSA) is 75.3 Å². The second kappa shape index (κ2) is 7.19. The molecule has 1 amide bonds. The van der Waals surface area contributed by atoms with Crippen LogP contribution in [0, 0.1) is 5.92 Å². The number of nitrogens with zero attached hydrogens (tertiary/aromatic N) is 2. The van der Waals surface area contributed by atoms with Crippen molar-refractivity contribution in [2.45, 2.75) is 25.7 Å². The number of H-pyrrole nitrogens is 1. The van der Waals surface area contributed by atoms with Crippen LogP contribution < -0.4 is 5.56 Å². The van der Waals surface area contributed by atoms with Crippen LogP contribution in [0.15, 0.2) is 17.2 Å². The van der Waals surface area contributed by atoms with Crippen molar-refractivity contribution >= 4 is 5.91 Å². The summed E-state index contributed by atoms with van der Waals surface area (Å²) in [5.74, 6) is 0.434. The second-order valence-corrected chi connectivity index (χ2v) is 5.19. The van der Waals surface area contributed by atoms with E-state index in [-0.39, 0.29) is 11.5 Å². The number of ether oxygens (including phenoxy) is 1. The molecule has 1 atom stereocenters. The van der Waals surface area contributed by atoms with Gasteiger partial charge in [0.15, 0.2) is 0 Å². The minimum absolute atomic E-state index is 0.0994. The van der Waals surface area contributed by atoms with E-state index in [1.165, 1.54) is 6.20 Å². The number of likely N-dealkylation sites (tertiary alicyclic amines) is 1. The fourth-order valence-electron chi connectivity index (χ4n) is 2.62. The van der Waals surface area contributed by atoms with Crippen molar-refractivity contribution in [1.29, 1.82) is 0 Å². The minimum Gasteiger partial charge on any atom is -0.385 e. The maximum Gasteiger partial charge on any atom is 0.273 e. The molecule has 1 saturated heterocycles. The number of hydrogen-bond acceptors (Lipinski definition) is 4. The zero-order chi connectivity index (χ0) is 14.4. The predicted molar refractivity (Wildman–Crippen MR) is 74.6 cm³/mol. The molecule has 0 unspecified atom stereocenters. The van der Waals surface area contributed by atoms with Crippen molar-refractivity contribution in [3.05, 3.63) is 28.4 Å². The van der Waals surface area contributed by atoms with E-state index in [0.717, 1.165) is 51.6 Å². The molecule has 1 aliphatic rings. The molecule has 1 aromatic heterocycles. The Balaban J connectivity index is 1.92. The summed E-state index contributed by atoms with van der Waals surface area (Å²) < 4.78 is 5.06. The Morgan fingerprint density at radius 2 is 2.45 bits per heavy atom. The summed E-state index contributed by atoms with van der Waals surface area (Å²) in [5, 5.41) is 0. The molecular formula is C14H21N3O3. The average molecular weight is 279 g/mol. The summed E-state index contributed by atoms with van der Waals surface area (Å²) >= 11 is 0. The highest BCUT2D eigenvalue weighted by molar-refractivity contribution is 5.92. The number of hydrogen-bond donors (Lipinski definition) is 1. The first kappa shape index (κ1) is 14.7. The van der Waals surface area contributed by atoms with Crippen LogP contribution in [-0.4, -0.2) is 47.6 Å². The van der Waals surface area contributed by atoms with E-state index in [4.69, 9.17) is 4.74 Å². The Labute approximate surface area is 118 Å². The van der Waals surface area contributed by atoms with Gasteiger partial charge in [0.1, 0.15) is 5.69 Å². The number of aromatic nitrogens is 2. The van der Waals surface area contributed by atoms with Crippen molar-refractivity contribution in [3.63, 3.8) is 0 Å². The Kier molecular flexibility index (Phi) is 5.29. The van der Waals surface area contributed by atoms with Gasteiger partial charge in [-0.2, -0.15) is 0 Å². The maximum absolute atomic E-state index is 12.3. The van der Waals surface area contributed by atoms with Gasteiger partial charge in [0.2, 0.25) is 0 Å². The van der Waals surface area contributed by atoms with Gasteiger partial charge in [-0.25, -0.2) is 4.98 Å². The smallest absolute Gasteiger partial charge is 0.273 e. The first-order valence-corrected chi connectivity index (χ1v) is 7.03. The van der Waals surface area contributed by atoms with E-state index < -0.39 is 0 Å². The third-order valence-corrected chi connectivity index (χ3v) is 3.66. The van der Waals surface area contributed by atoms with Gasteiger partial charge in [-0.1, -0.05) is 0 Å². The first-order valence-electron chi connectivity index (χ1n) is 7.03. The number of carbonyl (C=O) groups excluding carboxylic acids is 1. The summed E-state index contributed by atoms with van der Waals surface area (Å²) in [6.07, 6.45) is 6.82. The molecule has 1 N–H and O–H groups in total. The van der Waals surface area contributed by atoms with Crippen LogP contribution in [0.4, 0.5) is 0 Å². The number of piperidine rings is 1. The van der Waals surface area contributed by atoms with Crippen LogP contribution in [0.25, 0.3) is 0 Å². The van der Waals surface area contributed by atoms with Gasteiger partial charge in [-0.3, -0.25) is 9.59 Å². The lowest BCUT2D eigenvalue weighted by molar-refractivity contribution is 0.0654. The highest BCUT2D eigenvalue weighted by Gasteiger charge is 2.24. The lowest BCUT2D eigenvalue weighted by atomic mass is 9.93. The molecule has 1 aliphatic heterocycles. The normalized spacial score (nSPS) is 19.1. The zero-order valence-electron chi connectivity index (χ0n) is 11.8. The molecule has 1 aromatic rings. The highest BCUT2D eigenvalue weighted by Crippen LogP contribution is 2.21. The second-order valence-electron chi connectivity index (χ2n) is 5.19.